The Kier molecular flexibility index (Phi) is 4.17. The number of hydrogen-bond acceptors (Lipinski definition) is 4. The molecule has 0 spiro atoms. The topological polar surface area (TPSA) is 47.0 Å². The molecule has 4 nitrogen and oxygen atoms in total. The van der Waals surface area contributed by atoms with Gasteiger partial charge in [0.05, 0.1) is 0 Å². The lowest BCUT2D eigenvalue weighted by atomic mass is 10.2. The number of anilines is 1. The minimum atomic E-state index is -0.336. The molecule has 1 heterocycles. The summed E-state index contributed by atoms with van der Waals surface area (Å²) in [4.78, 5) is 8.71. The van der Waals surface area contributed by atoms with Crippen molar-refractivity contribution in [1.29, 1.82) is 0 Å². The number of rotatable bonds is 4. The Morgan fingerprint density at radius 3 is 2.60 bits per heavy atom. The van der Waals surface area contributed by atoms with Crippen LogP contribution in [0.25, 0.3) is 0 Å². The second-order valence-corrected chi connectivity index (χ2v) is 4.87. The van der Waals surface area contributed by atoms with E-state index in [-0.39, 0.29) is 11.7 Å². The lowest BCUT2D eigenvalue weighted by Crippen LogP contribution is -2.03. The minimum absolute atomic E-state index is 0.180. The van der Waals surface area contributed by atoms with E-state index < -0.39 is 0 Å². The monoisotopic (exact) mass is 275 g/mol. The average Bonchev–Trinajstić information content (AvgIpc) is 2.42. The summed E-state index contributed by atoms with van der Waals surface area (Å²) >= 11 is 0. The van der Waals surface area contributed by atoms with Crippen LogP contribution in [0.5, 0.6) is 11.6 Å². The Balaban J connectivity index is 2.37. The maximum atomic E-state index is 13.3. The predicted molar refractivity (Wildman–Crippen MR) is 76.9 cm³/mol. The van der Waals surface area contributed by atoms with E-state index >= 15 is 0 Å². The van der Waals surface area contributed by atoms with Crippen molar-refractivity contribution >= 4 is 5.82 Å². The molecule has 1 aromatic heterocycles. The Hall–Kier alpha value is -2.17. The van der Waals surface area contributed by atoms with E-state index in [1.54, 1.807) is 19.2 Å². The van der Waals surface area contributed by atoms with Crippen LogP contribution in [-0.2, 0) is 0 Å². The lowest BCUT2D eigenvalue weighted by Gasteiger charge is -2.12. The zero-order chi connectivity index (χ0) is 14.7. The molecule has 20 heavy (non-hydrogen) atoms. The summed E-state index contributed by atoms with van der Waals surface area (Å²) in [7, 11) is 1.78. The smallest absolute Gasteiger partial charge is 0.224 e. The van der Waals surface area contributed by atoms with Crippen LogP contribution in [0, 0.1) is 12.7 Å². The number of ether oxygens (including phenoxy) is 1. The van der Waals surface area contributed by atoms with Crippen molar-refractivity contribution in [2.45, 2.75) is 26.7 Å². The molecule has 106 valence electrons. The molecule has 0 unspecified atom stereocenters. The maximum absolute atomic E-state index is 13.3. The first kappa shape index (κ1) is 14.2. The number of benzene rings is 1. The van der Waals surface area contributed by atoms with Crippen LogP contribution in [0.3, 0.4) is 0 Å². The van der Waals surface area contributed by atoms with E-state index in [2.05, 4.69) is 15.3 Å². The predicted octanol–water partition coefficient (Wildman–Crippen LogP) is 3.88. The number of halogens is 1. The molecule has 0 saturated heterocycles. The number of nitrogens with one attached hydrogen (secondary N) is 1. The molecule has 0 bridgehead atoms. The van der Waals surface area contributed by atoms with Gasteiger partial charge in [-0.25, -0.2) is 9.37 Å². The molecule has 0 amide bonds. The molecule has 0 aliphatic carbocycles. The van der Waals surface area contributed by atoms with Gasteiger partial charge in [0.25, 0.3) is 0 Å². The normalized spacial score (nSPS) is 10.7. The van der Waals surface area contributed by atoms with Gasteiger partial charge in [-0.05, 0) is 18.6 Å². The second kappa shape index (κ2) is 5.86. The molecule has 1 N–H and O–H groups in total. The molecule has 2 rings (SSSR count). The van der Waals surface area contributed by atoms with E-state index in [9.17, 15) is 4.39 Å². The summed E-state index contributed by atoms with van der Waals surface area (Å²) in [5, 5.41) is 2.97. The van der Waals surface area contributed by atoms with E-state index in [0.29, 0.717) is 23.3 Å². The van der Waals surface area contributed by atoms with E-state index in [0.717, 1.165) is 5.56 Å². The van der Waals surface area contributed by atoms with Crippen molar-refractivity contribution in [3.8, 4) is 11.6 Å². The van der Waals surface area contributed by atoms with Crippen LogP contribution < -0.4 is 10.1 Å². The van der Waals surface area contributed by atoms with Gasteiger partial charge in [0, 0.05) is 25.1 Å². The highest BCUT2D eigenvalue weighted by Crippen LogP contribution is 2.26. The van der Waals surface area contributed by atoms with Gasteiger partial charge in [-0.2, -0.15) is 4.98 Å². The first-order chi connectivity index (χ1) is 9.49. The van der Waals surface area contributed by atoms with Gasteiger partial charge in [-0.1, -0.05) is 19.9 Å². The molecule has 1 aromatic carbocycles. The van der Waals surface area contributed by atoms with Crippen molar-refractivity contribution < 1.29 is 9.13 Å². The van der Waals surface area contributed by atoms with Crippen LogP contribution in [0.15, 0.2) is 24.3 Å². The van der Waals surface area contributed by atoms with Gasteiger partial charge >= 0.3 is 0 Å². The van der Waals surface area contributed by atoms with Crippen molar-refractivity contribution in [2.24, 2.45) is 0 Å². The molecule has 0 radical (unpaired) electrons. The maximum Gasteiger partial charge on any atom is 0.224 e. The zero-order valence-corrected chi connectivity index (χ0v) is 12.1. The number of aromatic nitrogens is 2. The molecular formula is C15H18FN3O. The van der Waals surface area contributed by atoms with Crippen LogP contribution >= 0.6 is 0 Å². The van der Waals surface area contributed by atoms with Crippen LogP contribution in [-0.4, -0.2) is 17.0 Å². The fraction of sp³-hybridized carbons (Fsp3) is 0.333. The Labute approximate surface area is 118 Å². The van der Waals surface area contributed by atoms with Crippen LogP contribution in [0.4, 0.5) is 10.2 Å². The number of hydrogen-bond donors (Lipinski definition) is 1. The summed E-state index contributed by atoms with van der Waals surface area (Å²) in [6.07, 6.45) is 0. The summed E-state index contributed by atoms with van der Waals surface area (Å²) < 4.78 is 19.0. The third kappa shape index (κ3) is 3.23. The highest BCUT2D eigenvalue weighted by Gasteiger charge is 2.10. The molecule has 0 atom stereocenters. The standard InChI is InChI=1S/C15H18FN3O/c1-9(2)15-18-13(17-4)8-14(19-15)20-12-7-11(16)6-5-10(12)3/h5-9H,1-4H3,(H,17,18,19). The number of aryl methyl sites for hydroxylation is 1. The number of nitrogens with zero attached hydrogens (tertiary/aromatic N) is 2. The van der Waals surface area contributed by atoms with Crippen molar-refractivity contribution in [2.75, 3.05) is 12.4 Å². The summed E-state index contributed by atoms with van der Waals surface area (Å²) in [6.45, 7) is 5.87. The fourth-order valence-corrected chi connectivity index (χ4v) is 1.68. The largest absolute Gasteiger partial charge is 0.438 e. The quantitative estimate of drug-likeness (QED) is 0.919. The van der Waals surface area contributed by atoms with E-state index in [1.165, 1.54) is 12.1 Å². The third-order valence-electron chi connectivity index (χ3n) is 2.86. The van der Waals surface area contributed by atoms with Gasteiger partial charge in [0.15, 0.2) is 0 Å². The fourth-order valence-electron chi connectivity index (χ4n) is 1.68. The second-order valence-electron chi connectivity index (χ2n) is 4.87. The highest BCUT2D eigenvalue weighted by atomic mass is 19.1. The summed E-state index contributed by atoms with van der Waals surface area (Å²) in [5.41, 5.74) is 0.849. The Bertz CT molecular complexity index is 614. The SMILES string of the molecule is CNc1cc(Oc2cc(F)ccc2C)nc(C(C)C)n1. The molecule has 0 aliphatic rings. The van der Waals surface area contributed by atoms with Gasteiger partial charge in [-0.3, -0.25) is 0 Å². The van der Waals surface area contributed by atoms with Gasteiger partial charge in [0.2, 0.25) is 5.88 Å². The van der Waals surface area contributed by atoms with Crippen LogP contribution in [0.2, 0.25) is 0 Å². The summed E-state index contributed by atoms with van der Waals surface area (Å²) in [6, 6.07) is 6.12. The van der Waals surface area contributed by atoms with Crippen molar-refractivity contribution in [1.82, 2.24) is 9.97 Å². The Morgan fingerprint density at radius 1 is 1.20 bits per heavy atom. The molecule has 0 fully saturated rings. The molecule has 0 saturated carbocycles. The first-order valence-corrected chi connectivity index (χ1v) is 6.50. The van der Waals surface area contributed by atoms with E-state index in [4.69, 9.17) is 4.74 Å². The molecule has 2 aromatic rings. The van der Waals surface area contributed by atoms with Gasteiger partial charge in [0.1, 0.15) is 23.2 Å². The molecule has 5 heteroatoms. The third-order valence-corrected chi connectivity index (χ3v) is 2.86. The molecular weight excluding hydrogens is 257 g/mol. The first-order valence-electron chi connectivity index (χ1n) is 6.50. The van der Waals surface area contributed by atoms with Crippen molar-refractivity contribution in [3.63, 3.8) is 0 Å². The minimum Gasteiger partial charge on any atom is -0.438 e. The van der Waals surface area contributed by atoms with Gasteiger partial charge in [-0.15, -0.1) is 0 Å². The summed E-state index contributed by atoms with van der Waals surface area (Å²) in [5.74, 6) is 2.06. The Morgan fingerprint density at radius 2 is 1.95 bits per heavy atom. The average molecular weight is 275 g/mol. The van der Waals surface area contributed by atoms with E-state index in [1.807, 2.05) is 20.8 Å². The van der Waals surface area contributed by atoms with Crippen molar-refractivity contribution in [3.05, 3.63) is 41.5 Å². The highest BCUT2D eigenvalue weighted by molar-refractivity contribution is 5.41. The van der Waals surface area contributed by atoms with Gasteiger partial charge < -0.3 is 10.1 Å². The molecule has 0 aliphatic heterocycles. The zero-order valence-electron chi connectivity index (χ0n) is 12.1. The van der Waals surface area contributed by atoms with Crippen LogP contribution in [0.1, 0.15) is 31.2 Å². The lowest BCUT2D eigenvalue weighted by molar-refractivity contribution is 0.449.